The molecule has 2 aliphatic rings. The van der Waals surface area contributed by atoms with Gasteiger partial charge in [-0.25, -0.2) is 0 Å². The number of piperazine rings is 1. The fraction of sp³-hybridized carbons (Fsp3) is 0.222. The van der Waals surface area contributed by atoms with E-state index in [2.05, 4.69) is 17.0 Å². The van der Waals surface area contributed by atoms with Crippen molar-refractivity contribution in [3.05, 3.63) is 102 Å². The molecule has 166 valence electrons. The van der Waals surface area contributed by atoms with Crippen LogP contribution in [0, 0.1) is 0 Å². The van der Waals surface area contributed by atoms with Crippen molar-refractivity contribution in [1.29, 1.82) is 0 Å². The van der Waals surface area contributed by atoms with Gasteiger partial charge in [0, 0.05) is 38.3 Å². The largest absolute Gasteiger partial charge is 0.368 e. The van der Waals surface area contributed by atoms with Gasteiger partial charge >= 0.3 is 0 Å². The van der Waals surface area contributed by atoms with Gasteiger partial charge in [0.1, 0.15) is 6.04 Å². The van der Waals surface area contributed by atoms with Crippen molar-refractivity contribution in [2.45, 2.75) is 12.5 Å². The number of amides is 3. The van der Waals surface area contributed by atoms with Gasteiger partial charge in [0.25, 0.3) is 11.8 Å². The van der Waals surface area contributed by atoms with E-state index >= 15 is 0 Å². The van der Waals surface area contributed by atoms with Gasteiger partial charge < -0.3 is 9.80 Å². The second-order valence-corrected chi connectivity index (χ2v) is 8.38. The Bertz CT molecular complexity index is 1140. The number of para-hydroxylation sites is 1. The first kappa shape index (κ1) is 20.9. The maximum Gasteiger partial charge on any atom is 0.262 e. The van der Waals surface area contributed by atoms with Crippen LogP contribution in [0.5, 0.6) is 0 Å². The summed E-state index contributed by atoms with van der Waals surface area (Å²) < 4.78 is 0. The highest BCUT2D eigenvalue weighted by Crippen LogP contribution is 2.27. The molecule has 0 spiro atoms. The molecule has 0 N–H and O–H groups in total. The zero-order valence-electron chi connectivity index (χ0n) is 18.3. The highest BCUT2D eigenvalue weighted by molar-refractivity contribution is 6.22. The van der Waals surface area contributed by atoms with Crippen LogP contribution in [0.4, 0.5) is 5.69 Å². The number of hydrogen-bond acceptors (Lipinski definition) is 4. The van der Waals surface area contributed by atoms with Gasteiger partial charge in [-0.3, -0.25) is 19.3 Å². The Kier molecular flexibility index (Phi) is 5.65. The number of anilines is 1. The van der Waals surface area contributed by atoms with Gasteiger partial charge in [-0.15, -0.1) is 0 Å². The summed E-state index contributed by atoms with van der Waals surface area (Å²) in [5.74, 6) is -0.971. The van der Waals surface area contributed by atoms with Crippen molar-refractivity contribution in [1.82, 2.24) is 9.80 Å². The monoisotopic (exact) mass is 439 g/mol. The molecule has 0 aromatic heterocycles. The van der Waals surface area contributed by atoms with Gasteiger partial charge in [-0.1, -0.05) is 60.7 Å². The lowest BCUT2D eigenvalue weighted by Gasteiger charge is -2.38. The van der Waals surface area contributed by atoms with E-state index < -0.39 is 17.9 Å². The van der Waals surface area contributed by atoms with Crippen molar-refractivity contribution < 1.29 is 14.4 Å². The van der Waals surface area contributed by atoms with Gasteiger partial charge in [-0.05, 0) is 29.8 Å². The molecule has 0 saturated carbocycles. The van der Waals surface area contributed by atoms with E-state index in [0.29, 0.717) is 43.7 Å². The summed E-state index contributed by atoms with van der Waals surface area (Å²) in [5.41, 5.74) is 2.77. The number of imide groups is 1. The summed E-state index contributed by atoms with van der Waals surface area (Å²) in [6.07, 6.45) is 0.296. The van der Waals surface area contributed by atoms with E-state index in [1.165, 1.54) is 4.90 Å². The zero-order valence-corrected chi connectivity index (χ0v) is 18.3. The van der Waals surface area contributed by atoms with Gasteiger partial charge in [0.05, 0.1) is 11.1 Å². The average Bonchev–Trinajstić information content (AvgIpc) is 3.13. The maximum atomic E-state index is 13.7. The lowest BCUT2D eigenvalue weighted by Crippen LogP contribution is -2.56. The molecule has 1 atom stereocenters. The van der Waals surface area contributed by atoms with Crippen LogP contribution in [0.15, 0.2) is 84.9 Å². The minimum absolute atomic E-state index is 0.180. The molecule has 1 unspecified atom stereocenters. The predicted octanol–water partition coefficient (Wildman–Crippen LogP) is 3.24. The molecule has 6 nitrogen and oxygen atoms in total. The molecular weight excluding hydrogens is 414 g/mol. The molecule has 3 aromatic carbocycles. The van der Waals surface area contributed by atoms with Gasteiger partial charge in [-0.2, -0.15) is 0 Å². The zero-order chi connectivity index (χ0) is 22.8. The number of carbonyl (C=O) groups excluding carboxylic acids is 3. The molecule has 2 aliphatic heterocycles. The van der Waals surface area contributed by atoms with Crippen LogP contribution in [-0.2, 0) is 11.2 Å². The topological polar surface area (TPSA) is 60.9 Å². The highest BCUT2D eigenvalue weighted by atomic mass is 16.2. The minimum atomic E-state index is -0.872. The maximum absolute atomic E-state index is 13.7. The molecule has 33 heavy (non-hydrogen) atoms. The lowest BCUT2D eigenvalue weighted by molar-refractivity contribution is -0.135. The SMILES string of the molecule is O=C(C(Cc1ccccc1)N1C(=O)c2ccccc2C1=O)N1CCN(c2ccccc2)CC1. The second kappa shape index (κ2) is 8.90. The molecular formula is C27H25N3O3. The van der Waals surface area contributed by atoms with E-state index in [9.17, 15) is 14.4 Å². The fourth-order valence-corrected chi connectivity index (χ4v) is 4.65. The first-order valence-electron chi connectivity index (χ1n) is 11.2. The second-order valence-electron chi connectivity index (χ2n) is 8.38. The number of fused-ring (bicyclic) bond motifs is 1. The van der Waals surface area contributed by atoms with Crippen molar-refractivity contribution in [3.63, 3.8) is 0 Å². The molecule has 6 heteroatoms. The summed E-state index contributed by atoms with van der Waals surface area (Å²) in [6.45, 7) is 2.50. The minimum Gasteiger partial charge on any atom is -0.368 e. The Hall–Kier alpha value is -3.93. The number of carbonyl (C=O) groups is 3. The van der Waals surface area contributed by atoms with Crippen LogP contribution in [0.1, 0.15) is 26.3 Å². The third-order valence-corrected chi connectivity index (χ3v) is 6.41. The number of hydrogen-bond donors (Lipinski definition) is 0. The standard InChI is InChI=1S/C27H25N3O3/c31-25-22-13-7-8-14-23(22)26(32)30(25)24(19-20-9-3-1-4-10-20)27(33)29-17-15-28(16-18-29)21-11-5-2-6-12-21/h1-14,24H,15-19H2. The molecule has 0 aliphatic carbocycles. The average molecular weight is 440 g/mol. The Balaban J connectivity index is 1.39. The Morgan fingerprint density at radius 3 is 1.79 bits per heavy atom. The number of benzene rings is 3. The van der Waals surface area contributed by atoms with Crippen molar-refractivity contribution in [3.8, 4) is 0 Å². The van der Waals surface area contributed by atoms with Crippen molar-refractivity contribution in [2.75, 3.05) is 31.1 Å². The first-order chi connectivity index (χ1) is 16.1. The number of rotatable bonds is 5. The summed E-state index contributed by atoms with van der Waals surface area (Å²) in [4.78, 5) is 45.3. The quantitative estimate of drug-likeness (QED) is 0.573. The molecule has 0 bridgehead atoms. The van der Waals surface area contributed by atoms with Crippen LogP contribution < -0.4 is 4.90 Å². The normalized spacial score (nSPS) is 16.7. The summed E-state index contributed by atoms with van der Waals surface area (Å²) >= 11 is 0. The molecule has 3 amide bonds. The van der Waals surface area contributed by atoms with Crippen LogP contribution in [0.2, 0.25) is 0 Å². The van der Waals surface area contributed by atoms with Crippen LogP contribution in [0.3, 0.4) is 0 Å². The van der Waals surface area contributed by atoms with E-state index in [-0.39, 0.29) is 5.91 Å². The molecule has 1 saturated heterocycles. The smallest absolute Gasteiger partial charge is 0.262 e. The highest BCUT2D eigenvalue weighted by Gasteiger charge is 2.44. The Morgan fingerprint density at radius 2 is 1.21 bits per heavy atom. The molecule has 1 fully saturated rings. The van der Waals surface area contributed by atoms with E-state index in [4.69, 9.17) is 0 Å². The van der Waals surface area contributed by atoms with E-state index in [0.717, 1.165) is 11.3 Å². The lowest BCUT2D eigenvalue weighted by atomic mass is 10.0. The van der Waals surface area contributed by atoms with E-state index in [1.54, 1.807) is 29.2 Å². The third kappa shape index (κ3) is 4.00. The van der Waals surface area contributed by atoms with Crippen molar-refractivity contribution in [2.24, 2.45) is 0 Å². The first-order valence-corrected chi connectivity index (χ1v) is 11.2. The van der Waals surface area contributed by atoms with Crippen LogP contribution in [-0.4, -0.2) is 59.7 Å². The van der Waals surface area contributed by atoms with Gasteiger partial charge in [0.15, 0.2) is 0 Å². The van der Waals surface area contributed by atoms with Crippen molar-refractivity contribution >= 4 is 23.4 Å². The fourth-order valence-electron chi connectivity index (χ4n) is 4.65. The third-order valence-electron chi connectivity index (χ3n) is 6.41. The molecule has 3 aromatic rings. The summed E-state index contributed by atoms with van der Waals surface area (Å²) in [5, 5.41) is 0. The summed E-state index contributed by atoms with van der Waals surface area (Å²) in [7, 11) is 0. The van der Waals surface area contributed by atoms with Crippen LogP contribution in [0.25, 0.3) is 0 Å². The molecule has 5 rings (SSSR count). The molecule has 0 radical (unpaired) electrons. The predicted molar refractivity (Wildman–Crippen MR) is 126 cm³/mol. The Morgan fingerprint density at radius 1 is 0.697 bits per heavy atom. The van der Waals surface area contributed by atoms with Crippen LogP contribution >= 0.6 is 0 Å². The number of nitrogens with zero attached hydrogens (tertiary/aromatic N) is 3. The van der Waals surface area contributed by atoms with Gasteiger partial charge in [0.2, 0.25) is 5.91 Å². The Labute approximate surface area is 193 Å². The molecule has 2 heterocycles. The summed E-state index contributed by atoms with van der Waals surface area (Å²) in [6, 6.07) is 25.6. The van der Waals surface area contributed by atoms with E-state index in [1.807, 2.05) is 48.5 Å².